The Kier molecular flexibility index (Phi) is 8.19. The molecule has 2 aromatic rings. The third-order valence-electron chi connectivity index (χ3n) is 4.12. The highest BCUT2D eigenvalue weighted by atomic mass is 35.5. The lowest BCUT2D eigenvalue weighted by molar-refractivity contribution is -0.123. The number of carbonyl (C=O) groups is 2. The molecule has 1 heterocycles. The third-order valence-corrected chi connectivity index (χ3v) is 6.66. The third kappa shape index (κ3) is 5.69. The number of amides is 1. The Morgan fingerprint density at radius 1 is 1.20 bits per heavy atom. The van der Waals surface area contributed by atoms with E-state index in [1.807, 2.05) is 0 Å². The summed E-state index contributed by atoms with van der Waals surface area (Å²) in [5.41, 5.74) is 0.00512. The molecule has 0 radical (unpaired) electrons. The summed E-state index contributed by atoms with van der Waals surface area (Å²) in [7, 11) is -3.74. The van der Waals surface area contributed by atoms with Gasteiger partial charge in [-0.2, -0.15) is 4.31 Å². The normalized spacial score (nSPS) is 12.5. The molecule has 0 aliphatic carbocycles. The fourth-order valence-corrected chi connectivity index (χ4v) is 4.43. The highest BCUT2D eigenvalue weighted by Crippen LogP contribution is 2.23. The molecule has 0 saturated heterocycles. The highest BCUT2D eigenvalue weighted by Gasteiger charge is 2.24. The molecule has 1 aromatic heterocycles. The lowest BCUT2D eigenvalue weighted by atomic mass is 10.2. The van der Waals surface area contributed by atoms with Crippen molar-refractivity contribution in [2.75, 3.05) is 18.4 Å². The number of benzene rings is 1. The van der Waals surface area contributed by atoms with E-state index in [9.17, 15) is 18.0 Å². The molecule has 0 spiro atoms. The summed E-state index contributed by atoms with van der Waals surface area (Å²) in [5, 5.41) is 2.87. The van der Waals surface area contributed by atoms with Gasteiger partial charge in [0.1, 0.15) is 0 Å². The molecule has 11 heteroatoms. The monoisotopic (exact) mass is 473 g/mol. The number of hydrogen-bond acceptors (Lipinski definition) is 6. The lowest BCUT2D eigenvalue weighted by Crippen LogP contribution is -2.31. The summed E-state index contributed by atoms with van der Waals surface area (Å²) in [4.78, 5) is 28.6. The summed E-state index contributed by atoms with van der Waals surface area (Å²) in [6, 6.07) is 6.87. The maximum absolute atomic E-state index is 12.6. The Balaban J connectivity index is 2.13. The van der Waals surface area contributed by atoms with Crippen molar-refractivity contribution in [3.05, 3.63) is 52.1 Å². The topological polar surface area (TPSA) is 106 Å². The number of ether oxygens (including phenoxy) is 1. The molecular formula is C19H21Cl2N3O5S. The van der Waals surface area contributed by atoms with Gasteiger partial charge in [0.25, 0.3) is 5.91 Å². The van der Waals surface area contributed by atoms with Crippen molar-refractivity contribution in [3.63, 3.8) is 0 Å². The molecule has 0 bridgehead atoms. The van der Waals surface area contributed by atoms with Crippen LogP contribution in [0, 0.1) is 0 Å². The Bertz CT molecular complexity index is 1040. The standard InChI is InChI=1S/C19H21Cl2N3O5S/c1-4-24(5-2)30(27,28)15-8-6-7-13(9-15)19(26)29-12(3)18(25)23-17-16(21)10-14(20)11-22-17/h6-12H,4-5H2,1-3H3,(H,22,23,25)/t12-/m0/s1. The zero-order valence-corrected chi connectivity index (χ0v) is 18.9. The molecule has 1 aromatic carbocycles. The second-order valence-corrected chi connectivity index (χ2v) is 8.92. The van der Waals surface area contributed by atoms with E-state index in [0.717, 1.165) is 0 Å². The van der Waals surface area contributed by atoms with E-state index in [-0.39, 0.29) is 21.3 Å². The molecule has 0 fully saturated rings. The summed E-state index contributed by atoms with van der Waals surface area (Å²) in [5.74, 6) is -1.43. The first-order valence-electron chi connectivity index (χ1n) is 9.03. The number of anilines is 1. The number of aromatic nitrogens is 1. The predicted octanol–water partition coefficient (Wildman–Crippen LogP) is 3.60. The zero-order chi connectivity index (χ0) is 22.5. The van der Waals surface area contributed by atoms with Crippen LogP contribution in [0.3, 0.4) is 0 Å². The molecule has 1 atom stereocenters. The first-order valence-corrected chi connectivity index (χ1v) is 11.2. The summed E-state index contributed by atoms with van der Waals surface area (Å²) in [6.07, 6.45) is 0.121. The quantitative estimate of drug-likeness (QED) is 0.586. The van der Waals surface area contributed by atoms with Crippen LogP contribution >= 0.6 is 23.2 Å². The molecule has 0 aliphatic heterocycles. The summed E-state index contributed by atoms with van der Waals surface area (Å²) in [6.45, 7) is 5.41. The second kappa shape index (κ2) is 10.2. The minimum atomic E-state index is -3.74. The van der Waals surface area contributed by atoms with E-state index in [2.05, 4.69) is 10.3 Å². The number of halogens is 2. The van der Waals surface area contributed by atoms with Gasteiger partial charge >= 0.3 is 5.97 Å². The van der Waals surface area contributed by atoms with Crippen LogP contribution < -0.4 is 5.32 Å². The van der Waals surface area contributed by atoms with Crippen LogP contribution in [0.25, 0.3) is 0 Å². The number of pyridine rings is 1. The maximum atomic E-state index is 12.6. The molecule has 30 heavy (non-hydrogen) atoms. The average molecular weight is 474 g/mol. The van der Waals surface area contributed by atoms with Crippen molar-refractivity contribution in [1.82, 2.24) is 9.29 Å². The molecule has 162 valence electrons. The van der Waals surface area contributed by atoms with Crippen LogP contribution in [0.5, 0.6) is 0 Å². The van der Waals surface area contributed by atoms with Gasteiger partial charge in [-0.05, 0) is 31.2 Å². The molecule has 1 N–H and O–H groups in total. The number of nitrogens with one attached hydrogen (secondary N) is 1. The van der Waals surface area contributed by atoms with Crippen molar-refractivity contribution >= 4 is 50.9 Å². The van der Waals surface area contributed by atoms with Gasteiger partial charge in [-0.3, -0.25) is 4.79 Å². The van der Waals surface area contributed by atoms with Crippen LogP contribution in [-0.2, 0) is 19.6 Å². The van der Waals surface area contributed by atoms with Crippen LogP contribution in [0.1, 0.15) is 31.1 Å². The Morgan fingerprint density at radius 2 is 1.87 bits per heavy atom. The van der Waals surface area contributed by atoms with Gasteiger partial charge in [0, 0.05) is 19.3 Å². The minimum Gasteiger partial charge on any atom is -0.449 e. The van der Waals surface area contributed by atoms with Crippen LogP contribution in [0.15, 0.2) is 41.4 Å². The van der Waals surface area contributed by atoms with E-state index < -0.39 is 28.0 Å². The molecule has 0 unspecified atom stereocenters. The molecule has 2 rings (SSSR count). The van der Waals surface area contributed by atoms with E-state index in [1.54, 1.807) is 13.8 Å². The maximum Gasteiger partial charge on any atom is 0.338 e. The number of sulfonamides is 1. The molecule has 0 aliphatic rings. The van der Waals surface area contributed by atoms with Crippen LogP contribution in [0.4, 0.5) is 5.82 Å². The number of rotatable bonds is 8. The predicted molar refractivity (Wildman–Crippen MR) is 114 cm³/mol. The molecule has 8 nitrogen and oxygen atoms in total. The van der Waals surface area contributed by atoms with Gasteiger partial charge < -0.3 is 10.1 Å². The van der Waals surface area contributed by atoms with E-state index in [1.165, 1.54) is 47.8 Å². The van der Waals surface area contributed by atoms with E-state index >= 15 is 0 Å². The van der Waals surface area contributed by atoms with Crippen LogP contribution in [-0.4, -0.2) is 48.8 Å². The smallest absolute Gasteiger partial charge is 0.338 e. The second-order valence-electron chi connectivity index (χ2n) is 6.14. The zero-order valence-electron chi connectivity index (χ0n) is 16.6. The highest BCUT2D eigenvalue weighted by molar-refractivity contribution is 7.89. The SMILES string of the molecule is CCN(CC)S(=O)(=O)c1cccc(C(=O)O[C@@H](C)C(=O)Nc2ncc(Cl)cc2Cl)c1. The number of hydrogen-bond donors (Lipinski definition) is 1. The molecular weight excluding hydrogens is 453 g/mol. The Morgan fingerprint density at radius 3 is 2.47 bits per heavy atom. The number of nitrogens with zero attached hydrogens (tertiary/aromatic N) is 2. The first kappa shape index (κ1) is 24.1. The van der Waals surface area contributed by atoms with Gasteiger partial charge in [-0.15, -0.1) is 0 Å². The van der Waals surface area contributed by atoms with Gasteiger partial charge in [0.15, 0.2) is 11.9 Å². The van der Waals surface area contributed by atoms with Crippen molar-refractivity contribution in [2.24, 2.45) is 0 Å². The fourth-order valence-electron chi connectivity index (χ4n) is 2.50. The lowest BCUT2D eigenvalue weighted by Gasteiger charge is -2.19. The number of carbonyl (C=O) groups excluding carboxylic acids is 2. The van der Waals surface area contributed by atoms with E-state index in [4.69, 9.17) is 27.9 Å². The largest absolute Gasteiger partial charge is 0.449 e. The van der Waals surface area contributed by atoms with Gasteiger partial charge in [-0.1, -0.05) is 43.1 Å². The van der Waals surface area contributed by atoms with Crippen molar-refractivity contribution in [1.29, 1.82) is 0 Å². The molecule has 0 saturated carbocycles. The van der Waals surface area contributed by atoms with Gasteiger partial charge in [-0.25, -0.2) is 18.2 Å². The first-order chi connectivity index (χ1) is 14.1. The Labute approximate surface area is 185 Å². The minimum absolute atomic E-state index is 0.00512. The van der Waals surface area contributed by atoms with Crippen LogP contribution in [0.2, 0.25) is 10.0 Å². The van der Waals surface area contributed by atoms with Crippen molar-refractivity contribution in [2.45, 2.75) is 31.8 Å². The van der Waals surface area contributed by atoms with Gasteiger partial charge in [0.05, 0.1) is 20.5 Å². The summed E-state index contributed by atoms with van der Waals surface area (Å²) < 4.78 is 31.7. The van der Waals surface area contributed by atoms with Crippen molar-refractivity contribution in [3.8, 4) is 0 Å². The van der Waals surface area contributed by atoms with E-state index in [0.29, 0.717) is 18.1 Å². The van der Waals surface area contributed by atoms with Gasteiger partial charge in [0.2, 0.25) is 10.0 Å². The Hall–Kier alpha value is -2.20. The average Bonchev–Trinajstić information content (AvgIpc) is 2.70. The fraction of sp³-hybridized carbons (Fsp3) is 0.316. The number of esters is 1. The summed E-state index contributed by atoms with van der Waals surface area (Å²) >= 11 is 11.7. The van der Waals surface area contributed by atoms with Crippen molar-refractivity contribution < 1.29 is 22.7 Å². The molecule has 1 amide bonds.